The zero-order valence-electron chi connectivity index (χ0n) is 21.6. The van der Waals surface area contributed by atoms with Crippen LogP contribution in [0, 0.1) is 0 Å². The van der Waals surface area contributed by atoms with Crippen LogP contribution < -0.4 is 4.90 Å². The molecule has 2 aliphatic rings. The highest BCUT2D eigenvalue weighted by Crippen LogP contribution is 2.34. The fraction of sp³-hybridized carbons (Fsp3) is 0.290. The molecule has 0 aromatic heterocycles. The Morgan fingerprint density at radius 2 is 1.32 bits per heavy atom. The van der Waals surface area contributed by atoms with Gasteiger partial charge in [-0.3, -0.25) is 4.90 Å². The molecular formula is C31H34N4O2. The number of likely N-dealkylation sites (tertiary alicyclic amines) is 1. The van der Waals surface area contributed by atoms with Gasteiger partial charge in [0.15, 0.2) is 0 Å². The molecule has 2 fully saturated rings. The Bertz CT molecular complexity index is 1210. The van der Waals surface area contributed by atoms with Crippen LogP contribution in [0.15, 0.2) is 91.5 Å². The number of carbonyl (C=O) groups is 2. The summed E-state index contributed by atoms with van der Waals surface area (Å²) in [6, 6.07) is 27.8. The van der Waals surface area contributed by atoms with E-state index in [0.29, 0.717) is 19.6 Å². The van der Waals surface area contributed by atoms with Crippen molar-refractivity contribution in [3.63, 3.8) is 0 Å². The van der Waals surface area contributed by atoms with Crippen molar-refractivity contribution in [1.29, 1.82) is 0 Å². The molecule has 2 bridgehead atoms. The minimum absolute atomic E-state index is 0.0249. The molecule has 2 atom stereocenters. The molecular weight excluding hydrogens is 460 g/mol. The summed E-state index contributed by atoms with van der Waals surface area (Å²) in [5.74, 6) is 0. The van der Waals surface area contributed by atoms with Gasteiger partial charge in [-0.25, -0.2) is 9.59 Å². The molecule has 0 spiro atoms. The van der Waals surface area contributed by atoms with Gasteiger partial charge in [-0.15, -0.1) is 0 Å². The summed E-state index contributed by atoms with van der Waals surface area (Å²) in [6.45, 7) is 7.61. The number of fused-ring (bicyclic) bond motifs is 2. The average Bonchev–Trinajstić information content (AvgIpc) is 3.18. The lowest BCUT2D eigenvalue weighted by molar-refractivity contribution is 0.0854. The Morgan fingerprint density at radius 1 is 0.811 bits per heavy atom. The molecule has 4 amide bonds. The Kier molecular flexibility index (Phi) is 6.99. The summed E-state index contributed by atoms with van der Waals surface area (Å²) in [6.07, 6.45) is 1.83. The number of anilines is 2. The molecule has 5 rings (SSSR count). The van der Waals surface area contributed by atoms with E-state index in [9.17, 15) is 9.59 Å². The van der Waals surface area contributed by atoms with Crippen LogP contribution in [0.25, 0.3) is 5.57 Å². The second-order valence-corrected chi connectivity index (χ2v) is 10.1. The zero-order chi connectivity index (χ0) is 25.9. The summed E-state index contributed by atoms with van der Waals surface area (Å²) in [5.41, 5.74) is 4.89. The van der Waals surface area contributed by atoms with Crippen molar-refractivity contribution in [3.05, 3.63) is 103 Å². The number of hydrogen-bond donors (Lipinski definition) is 0. The number of rotatable bonds is 5. The molecule has 0 radical (unpaired) electrons. The largest absolute Gasteiger partial charge is 0.329 e. The van der Waals surface area contributed by atoms with E-state index in [0.717, 1.165) is 40.9 Å². The van der Waals surface area contributed by atoms with E-state index in [4.69, 9.17) is 0 Å². The summed E-state index contributed by atoms with van der Waals surface area (Å²) >= 11 is 0. The Labute approximate surface area is 219 Å². The maximum Gasteiger partial charge on any atom is 0.329 e. The highest BCUT2D eigenvalue weighted by Gasteiger charge is 2.45. The molecule has 0 saturated carbocycles. The van der Waals surface area contributed by atoms with E-state index < -0.39 is 0 Å². The highest BCUT2D eigenvalue weighted by molar-refractivity contribution is 5.99. The van der Waals surface area contributed by atoms with E-state index in [1.807, 2.05) is 84.4 Å². The lowest BCUT2D eigenvalue weighted by atomic mass is 10.1. The molecule has 37 heavy (non-hydrogen) atoms. The summed E-state index contributed by atoms with van der Waals surface area (Å²) in [7, 11) is 1.86. The van der Waals surface area contributed by atoms with Crippen LogP contribution in [-0.4, -0.2) is 59.0 Å². The van der Waals surface area contributed by atoms with Crippen molar-refractivity contribution in [2.24, 2.45) is 0 Å². The number of carbonyl (C=O) groups excluding carboxylic acids is 2. The van der Waals surface area contributed by atoms with Crippen molar-refractivity contribution >= 4 is 29.0 Å². The monoisotopic (exact) mass is 494 g/mol. The van der Waals surface area contributed by atoms with Crippen LogP contribution >= 0.6 is 0 Å². The van der Waals surface area contributed by atoms with Crippen molar-refractivity contribution in [1.82, 2.24) is 14.7 Å². The smallest absolute Gasteiger partial charge is 0.323 e. The lowest BCUT2D eigenvalue weighted by Crippen LogP contribution is -2.60. The molecule has 3 aromatic carbocycles. The SMILES string of the molecule is C=C(C)c1ccc(CN(C)C(=O)N2[C@@H]3CC[C@H]2CN(C(=O)N(c2ccccc2)c2ccccc2)C3)cc1. The van der Waals surface area contributed by atoms with Gasteiger partial charge in [0, 0.05) is 26.7 Å². The van der Waals surface area contributed by atoms with Gasteiger partial charge < -0.3 is 14.7 Å². The van der Waals surface area contributed by atoms with Crippen LogP contribution in [0.1, 0.15) is 30.9 Å². The number of hydrogen-bond acceptors (Lipinski definition) is 2. The number of nitrogens with zero attached hydrogens (tertiary/aromatic N) is 4. The third kappa shape index (κ3) is 5.10. The van der Waals surface area contributed by atoms with E-state index in [1.54, 1.807) is 9.80 Å². The first kappa shape index (κ1) is 24.6. The molecule has 0 aliphatic carbocycles. The van der Waals surface area contributed by atoms with Crippen molar-refractivity contribution < 1.29 is 9.59 Å². The average molecular weight is 495 g/mol. The van der Waals surface area contributed by atoms with Crippen molar-refractivity contribution in [2.75, 3.05) is 25.0 Å². The quantitative estimate of drug-likeness (QED) is 0.413. The zero-order valence-corrected chi connectivity index (χ0v) is 21.6. The molecule has 2 saturated heterocycles. The fourth-order valence-corrected chi connectivity index (χ4v) is 5.47. The number of para-hydroxylation sites is 2. The van der Waals surface area contributed by atoms with Gasteiger partial charge in [-0.1, -0.05) is 72.8 Å². The van der Waals surface area contributed by atoms with Gasteiger partial charge >= 0.3 is 12.1 Å². The maximum absolute atomic E-state index is 13.9. The van der Waals surface area contributed by atoms with Crippen LogP contribution in [-0.2, 0) is 6.54 Å². The van der Waals surface area contributed by atoms with Crippen LogP contribution in [0.3, 0.4) is 0 Å². The van der Waals surface area contributed by atoms with Crippen molar-refractivity contribution in [2.45, 2.75) is 38.4 Å². The minimum Gasteiger partial charge on any atom is -0.323 e. The van der Waals surface area contributed by atoms with Gasteiger partial charge in [0.1, 0.15) is 0 Å². The topological polar surface area (TPSA) is 47.1 Å². The van der Waals surface area contributed by atoms with Gasteiger partial charge in [-0.2, -0.15) is 0 Å². The van der Waals surface area contributed by atoms with E-state index in [2.05, 4.69) is 30.8 Å². The summed E-state index contributed by atoms with van der Waals surface area (Å²) in [5, 5.41) is 0. The molecule has 0 unspecified atom stereocenters. The first-order valence-electron chi connectivity index (χ1n) is 12.9. The second-order valence-electron chi connectivity index (χ2n) is 10.1. The molecule has 0 N–H and O–H groups in total. The first-order valence-corrected chi connectivity index (χ1v) is 12.9. The number of benzene rings is 3. The molecule has 6 heteroatoms. The Hall–Kier alpha value is -4.06. The Morgan fingerprint density at radius 3 is 1.81 bits per heavy atom. The third-order valence-corrected chi connectivity index (χ3v) is 7.39. The van der Waals surface area contributed by atoms with Crippen molar-refractivity contribution in [3.8, 4) is 0 Å². The maximum atomic E-state index is 13.9. The molecule has 6 nitrogen and oxygen atoms in total. The first-order chi connectivity index (χ1) is 17.9. The molecule has 3 aromatic rings. The number of urea groups is 2. The van der Waals surface area contributed by atoms with Gasteiger partial charge in [-0.05, 0) is 55.2 Å². The predicted molar refractivity (Wildman–Crippen MR) is 149 cm³/mol. The van der Waals surface area contributed by atoms with E-state index in [-0.39, 0.29) is 24.1 Å². The third-order valence-electron chi connectivity index (χ3n) is 7.39. The summed E-state index contributed by atoms with van der Waals surface area (Å²) in [4.78, 5) is 34.9. The normalized spacial score (nSPS) is 18.4. The fourth-order valence-electron chi connectivity index (χ4n) is 5.47. The molecule has 2 heterocycles. The molecule has 2 aliphatic heterocycles. The minimum atomic E-state index is -0.0487. The lowest BCUT2D eigenvalue weighted by Gasteiger charge is -2.43. The van der Waals surface area contributed by atoms with Crippen LogP contribution in [0.2, 0.25) is 0 Å². The van der Waals surface area contributed by atoms with E-state index in [1.165, 1.54) is 0 Å². The standard InChI is InChI=1S/C31H34N4O2/c1-23(2)25-16-14-24(15-17-25)20-32(3)30(36)35-28-18-19-29(35)22-33(21-28)31(37)34(26-10-6-4-7-11-26)27-12-8-5-9-13-27/h4-17,28-29H,1,18-22H2,2-3H3/t28-,29+. The van der Waals surface area contributed by atoms with Crippen LogP contribution in [0.5, 0.6) is 0 Å². The second kappa shape index (κ2) is 10.5. The number of allylic oxidation sites excluding steroid dienone is 1. The van der Waals surface area contributed by atoms with E-state index >= 15 is 0 Å². The summed E-state index contributed by atoms with van der Waals surface area (Å²) < 4.78 is 0. The van der Waals surface area contributed by atoms with Gasteiger partial charge in [0.05, 0.1) is 23.5 Å². The molecule has 190 valence electrons. The highest BCUT2D eigenvalue weighted by atomic mass is 16.2. The van der Waals surface area contributed by atoms with Crippen LogP contribution in [0.4, 0.5) is 21.0 Å². The Balaban J connectivity index is 1.29. The van der Waals surface area contributed by atoms with Gasteiger partial charge in [0.25, 0.3) is 0 Å². The number of amides is 4. The number of piperazine rings is 1. The van der Waals surface area contributed by atoms with Gasteiger partial charge in [0.2, 0.25) is 0 Å². The predicted octanol–water partition coefficient (Wildman–Crippen LogP) is 6.38.